The number of nitrogens with zero attached hydrogens (tertiary/aromatic N) is 4. The van der Waals surface area contributed by atoms with Crippen molar-refractivity contribution in [2.75, 3.05) is 46.3 Å². The predicted molar refractivity (Wildman–Crippen MR) is 96.1 cm³/mol. The van der Waals surface area contributed by atoms with Gasteiger partial charge in [-0.25, -0.2) is 4.79 Å². The van der Waals surface area contributed by atoms with E-state index >= 15 is 0 Å². The van der Waals surface area contributed by atoms with Crippen LogP contribution in [0.3, 0.4) is 0 Å². The topological polar surface area (TPSA) is 74.4 Å². The minimum atomic E-state index is -0.431. The summed E-state index contributed by atoms with van der Waals surface area (Å²) in [5, 5.41) is 0. The van der Waals surface area contributed by atoms with Crippen LogP contribution in [-0.4, -0.2) is 84.7 Å². The Labute approximate surface area is 145 Å². The van der Waals surface area contributed by atoms with Gasteiger partial charge in [-0.1, -0.05) is 0 Å². The van der Waals surface area contributed by atoms with Gasteiger partial charge in [0.1, 0.15) is 5.60 Å². The summed E-state index contributed by atoms with van der Waals surface area (Å²) in [4.78, 5) is 22.7. The van der Waals surface area contributed by atoms with Gasteiger partial charge in [0, 0.05) is 52.4 Å². The number of carbonyl (C=O) groups is 1. The van der Waals surface area contributed by atoms with Gasteiger partial charge in [-0.2, -0.15) is 0 Å². The van der Waals surface area contributed by atoms with E-state index in [-0.39, 0.29) is 6.09 Å². The van der Waals surface area contributed by atoms with E-state index in [0.29, 0.717) is 12.0 Å². The summed E-state index contributed by atoms with van der Waals surface area (Å²) in [5.74, 6) is 0.659. The first-order valence-corrected chi connectivity index (χ1v) is 8.99. The molecule has 0 aromatic carbocycles. The van der Waals surface area contributed by atoms with Gasteiger partial charge in [-0.15, -0.1) is 0 Å². The molecule has 0 unspecified atom stereocenters. The van der Waals surface area contributed by atoms with Crippen molar-refractivity contribution in [3.63, 3.8) is 0 Å². The molecule has 0 spiro atoms. The van der Waals surface area contributed by atoms with Crippen LogP contribution in [0.5, 0.6) is 0 Å². The van der Waals surface area contributed by atoms with Crippen molar-refractivity contribution in [1.29, 1.82) is 0 Å². The normalized spacial score (nSPS) is 20.2. The zero-order chi connectivity index (χ0) is 17.7. The molecule has 0 bridgehead atoms. The van der Waals surface area contributed by atoms with Crippen LogP contribution in [0.1, 0.15) is 40.0 Å². The summed E-state index contributed by atoms with van der Waals surface area (Å²) in [6.07, 6.45) is 3.25. The molecule has 0 aromatic rings. The Bertz CT molecular complexity index is 448. The van der Waals surface area contributed by atoms with Crippen molar-refractivity contribution < 1.29 is 9.53 Å². The number of aliphatic imine (C=N–C) groups is 1. The molecule has 0 aromatic heterocycles. The Morgan fingerprint density at radius 2 is 1.88 bits per heavy atom. The van der Waals surface area contributed by atoms with Gasteiger partial charge in [-0.3, -0.25) is 9.89 Å². The first-order chi connectivity index (χ1) is 11.3. The minimum Gasteiger partial charge on any atom is -0.444 e. The monoisotopic (exact) mass is 339 g/mol. The third kappa shape index (κ3) is 6.19. The Morgan fingerprint density at radius 3 is 2.42 bits per heavy atom. The lowest BCUT2D eigenvalue weighted by molar-refractivity contribution is 0.0145. The first kappa shape index (κ1) is 18.8. The number of carbonyl (C=O) groups excluding carboxylic acids is 1. The molecule has 1 saturated carbocycles. The Balaban J connectivity index is 1.61. The van der Waals surface area contributed by atoms with Crippen molar-refractivity contribution in [2.45, 2.75) is 51.7 Å². The zero-order valence-corrected chi connectivity index (χ0v) is 15.6. The fourth-order valence-corrected chi connectivity index (χ4v) is 2.73. The number of piperazine rings is 1. The van der Waals surface area contributed by atoms with Crippen LogP contribution in [-0.2, 0) is 4.74 Å². The summed E-state index contributed by atoms with van der Waals surface area (Å²) in [5.41, 5.74) is 5.55. The van der Waals surface area contributed by atoms with E-state index in [1.807, 2.05) is 27.8 Å². The van der Waals surface area contributed by atoms with Crippen LogP contribution in [0.15, 0.2) is 4.99 Å². The SMILES string of the molecule is CN(C(N)=NCCCN1CCN(C(=O)OC(C)(C)C)CC1)C1CC1. The van der Waals surface area contributed by atoms with Crippen molar-refractivity contribution in [1.82, 2.24) is 14.7 Å². The molecule has 24 heavy (non-hydrogen) atoms. The molecule has 2 N–H and O–H groups in total. The first-order valence-electron chi connectivity index (χ1n) is 8.99. The lowest BCUT2D eigenvalue weighted by Crippen LogP contribution is -2.50. The van der Waals surface area contributed by atoms with E-state index in [2.05, 4.69) is 14.8 Å². The Kier molecular flexibility index (Phi) is 6.32. The van der Waals surface area contributed by atoms with Crippen molar-refractivity contribution >= 4 is 12.1 Å². The second-order valence-corrected chi connectivity index (χ2v) is 7.74. The average Bonchev–Trinajstić information content (AvgIpc) is 3.34. The molecule has 2 fully saturated rings. The highest BCUT2D eigenvalue weighted by molar-refractivity contribution is 5.78. The van der Waals surface area contributed by atoms with Gasteiger partial charge >= 0.3 is 6.09 Å². The molecular formula is C17H33N5O2. The van der Waals surface area contributed by atoms with E-state index in [9.17, 15) is 4.79 Å². The number of rotatable bonds is 5. The van der Waals surface area contributed by atoms with E-state index in [4.69, 9.17) is 10.5 Å². The molecule has 7 heteroatoms. The number of hydrogen-bond acceptors (Lipinski definition) is 4. The highest BCUT2D eigenvalue weighted by Crippen LogP contribution is 2.24. The lowest BCUT2D eigenvalue weighted by Gasteiger charge is -2.35. The molecule has 0 radical (unpaired) electrons. The molecule has 138 valence electrons. The number of guanidine groups is 1. The molecule has 7 nitrogen and oxygen atoms in total. The molecule has 2 rings (SSSR count). The molecule has 1 heterocycles. The van der Waals surface area contributed by atoms with E-state index < -0.39 is 5.60 Å². The van der Waals surface area contributed by atoms with Crippen LogP contribution in [0.25, 0.3) is 0 Å². The number of amides is 1. The maximum absolute atomic E-state index is 12.0. The predicted octanol–water partition coefficient (Wildman–Crippen LogP) is 1.34. The van der Waals surface area contributed by atoms with Gasteiger partial charge < -0.3 is 20.3 Å². The maximum Gasteiger partial charge on any atom is 0.410 e. The summed E-state index contributed by atoms with van der Waals surface area (Å²) in [7, 11) is 2.02. The highest BCUT2D eigenvalue weighted by Gasteiger charge is 2.27. The van der Waals surface area contributed by atoms with Gasteiger partial charge in [0.15, 0.2) is 5.96 Å². The molecule has 2 aliphatic rings. The summed E-state index contributed by atoms with van der Waals surface area (Å²) >= 11 is 0. The molecule has 0 atom stereocenters. The van der Waals surface area contributed by atoms with Crippen LogP contribution >= 0.6 is 0 Å². The molecule has 1 aliphatic carbocycles. The minimum absolute atomic E-state index is 0.206. The smallest absolute Gasteiger partial charge is 0.410 e. The van der Waals surface area contributed by atoms with Crippen LogP contribution in [0.2, 0.25) is 0 Å². The van der Waals surface area contributed by atoms with Crippen LogP contribution < -0.4 is 5.73 Å². The van der Waals surface area contributed by atoms with E-state index in [1.54, 1.807) is 4.90 Å². The fourth-order valence-electron chi connectivity index (χ4n) is 2.73. The van der Waals surface area contributed by atoms with E-state index in [0.717, 1.165) is 45.7 Å². The molecule has 1 saturated heterocycles. The molecule has 1 amide bonds. The zero-order valence-electron chi connectivity index (χ0n) is 15.6. The largest absolute Gasteiger partial charge is 0.444 e. The highest BCUT2D eigenvalue weighted by atomic mass is 16.6. The van der Waals surface area contributed by atoms with Gasteiger partial charge in [-0.05, 0) is 40.0 Å². The third-order valence-electron chi connectivity index (χ3n) is 4.39. The molecular weight excluding hydrogens is 306 g/mol. The Hall–Kier alpha value is -1.50. The second kappa shape index (κ2) is 8.05. The third-order valence-corrected chi connectivity index (χ3v) is 4.39. The standard InChI is InChI=1S/C17H33N5O2/c1-17(2,3)24-16(23)22-12-10-21(11-13-22)9-5-8-19-15(18)20(4)14-6-7-14/h14H,5-13H2,1-4H3,(H2,18,19). The Morgan fingerprint density at radius 1 is 1.25 bits per heavy atom. The lowest BCUT2D eigenvalue weighted by atomic mass is 10.2. The van der Waals surface area contributed by atoms with Gasteiger partial charge in [0.25, 0.3) is 0 Å². The van der Waals surface area contributed by atoms with Crippen molar-refractivity contribution in [3.8, 4) is 0 Å². The second-order valence-electron chi connectivity index (χ2n) is 7.74. The molecule has 1 aliphatic heterocycles. The number of hydrogen-bond donors (Lipinski definition) is 1. The fraction of sp³-hybridized carbons (Fsp3) is 0.882. The quantitative estimate of drug-likeness (QED) is 0.465. The van der Waals surface area contributed by atoms with Gasteiger partial charge in [0.2, 0.25) is 0 Å². The van der Waals surface area contributed by atoms with Crippen LogP contribution in [0, 0.1) is 0 Å². The van der Waals surface area contributed by atoms with E-state index in [1.165, 1.54) is 12.8 Å². The average molecular weight is 339 g/mol. The van der Waals surface area contributed by atoms with Crippen molar-refractivity contribution in [2.24, 2.45) is 10.7 Å². The van der Waals surface area contributed by atoms with Crippen molar-refractivity contribution in [3.05, 3.63) is 0 Å². The summed E-state index contributed by atoms with van der Waals surface area (Å²) < 4.78 is 5.42. The summed E-state index contributed by atoms with van der Waals surface area (Å²) in [6.45, 7) is 10.7. The van der Waals surface area contributed by atoms with Gasteiger partial charge in [0.05, 0.1) is 0 Å². The summed E-state index contributed by atoms with van der Waals surface area (Å²) in [6, 6.07) is 0.606. The maximum atomic E-state index is 12.0. The number of ether oxygens (including phenoxy) is 1. The van der Waals surface area contributed by atoms with Crippen LogP contribution in [0.4, 0.5) is 4.79 Å². The number of nitrogens with two attached hydrogens (primary N) is 1.